The molecular weight excluding hydrogens is 176 g/mol. The molecule has 1 N–H and O–H groups in total. The summed E-state index contributed by atoms with van der Waals surface area (Å²) in [6.45, 7) is 9.87. The van der Waals surface area contributed by atoms with E-state index in [4.69, 9.17) is 4.74 Å². The smallest absolute Gasteiger partial charge is 0.0632 e. The van der Waals surface area contributed by atoms with Crippen molar-refractivity contribution < 1.29 is 4.74 Å². The van der Waals surface area contributed by atoms with Crippen LogP contribution in [0.25, 0.3) is 0 Å². The van der Waals surface area contributed by atoms with Crippen LogP contribution in [0.4, 0.5) is 0 Å². The minimum absolute atomic E-state index is 0.402. The molecule has 3 nitrogen and oxygen atoms in total. The summed E-state index contributed by atoms with van der Waals surface area (Å²) in [7, 11) is 0. The number of hydrogen-bond acceptors (Lipinski definition) is 3. The van der Waals surface area contributed by atoms with Crippen LogP contribution in [0.15, 0.2) is 0 Å². The van der Waals surface area contributed by atoms with E-state index in [1.807, 2.05) is 0 Å². The predicted octanol–water partition coefficient (Wildman–Crippen LogP) is 0.849. The fraction of sp³-hybridized carbons (Fsp3) is 1.00. The lowest BCUT2D eigenvalue weighted by molar-refractivity contribution is 0.0509. The Morgan fingerprint density at radius 2 is 2.36 bits per heavy atom. The molecule has 2 fully saturated rings. The zero-order chi connectivity index (χ0) is 10.0. The van der Waals surface area contributed by atoms with Crippen molar-refractivity contribution in [2.24, 2.45) is 0 Å². The molecule has 0 aromatic carbocycles. The van der Waals surface area contributed by atoms with E-state index in [9.17, 15) is 0 Å². The third kappa shape index (κ3) is 2.27. The topological polar surface area (TPSA) is 24.5 Å². The highest BCUT2D eigenvalue weighted by Gasteiger charge is 2.33. The molecule has 1 unspecified atom stereocenters. The Kier molecular flexibility index (Phi) is 3.10. The lowest BCUT2D eigenvalue weighted by Crippen LogP contribution is -2.51. The molecule has 0 saturated carbocycles. The SMILES string of the molecule is CC1(C)CCCN1CC1COCCN1. The van der Waals surface area contributed by atoms with Gasteiger partial charge in [-0.15, -0.1) is 0 Å². The van der Waals surface area contributed by atoms with E-state index in [0.29, 0.717) is 11.6 Å². The lowest BCUT2D eigenvalue weighted by atomic mass is 10.0. The van der Waals surface area contributed by atoms with Gasteiger partial charge < -0.3 is 10.1 Å². The molecule has 0 spiro atoms. The Hall–Kier alpha value is -0.120. The fourth-order valence-corrected chi connectivity index (χ4v) is 2.50. The van der Waals surface area contributed by atoms with Crippen molar-refractivity contribution >= 4 is 0 Å². The molecule has 1 atom stereocenters. The van der Waals surface area contributed by atoms with Gasteiger partial charge in [0.15, 0.2) is 0 Å². The minimum Gasteiger partial charge on any atom is -0.378 e. The molecule has 0 amide bonds. The zero-order valence-corrected chi connectivity index (χ0v) is 9.38. The summed E-state index contributed by atoms with van der Waals surface area (Å²) >= 11 is 0. The normalized spacial score (nSPS) is 33.4. The van der Waals surface area contributed by atoms with Gasteiger partial charge in [0.1, 0.15) is 0 Å². The van der Waals surface area contributed by atoms with Crippen LogP contribution in [-0.2, 0) is 4.74 Å². The second-order valence-corrected chi connectivity index (χ2v) is 5.09. The number of ether oxygens (including phenoxy) is 1. The molecule has 2 saturated heterocycles. The summed E-state index contributed by atoms with van der Waals surface area (Å²) in [6.07, 6.45) is 2.68. The molecule has 2 aliphatic rings. The third-order valence-electron chi connectivity index (χ3n) is 3.51. The summed E-state index contributed by atoms with van der Waals surface area (Å²) < 4.78 is 5.47. The van der Waals surface area contributed by atoms with Crippen LogP contribution >= 0.6 is 0 Å². The van der Waals surface area contributed by atoms with Crippen LogP contribution in [0, 0.1) is 0 Å². The Morgan fingerprint density at radius 1 is 1.50 bits per heavy atom. The summed E-state index contributed by atoms with van der Waals surface area (Å²) in [5.41, 5.74) is 0.402. The highest BCUT2D eigenvalue weighted by Crippen LogP contribution is 2.28. The highest BCUT2D eigenvalue weighted by molar-refractivity contribution is 4.90. The minimum atomic E-state index is 0.402. The average molecular weight is 198 g/mol. The molecular formula is C11H22N2O. The van der Waals surface area contributed by atoms with Crippen LogP contribution in [0.2, 0.25) is 0 Å². The molecule has 0 aromatic rings. The first-order valence-electron chi connectivity index (χ1n) is 5.75. The van der Waals surface area contributed by atoms with Gasteiger partial charge in [0.25, 0.3) is 0 Å². The van der Waals surface area contributed by atoms with Gasteiger partial charge in [-0.3, -0.25) is 4.90 Å². The predicted molar refractivity (Wildman–Crippen MR) is 57.5 cm³/mol. The van der Waals surface area contributed by atoms with Crippen molar-refractivity contribution in [3.63, 3.8) is 0 Å². The monoisotopic (exact) mass is 198 g/mol. The van der Waals surface area contributed by atoms with E-state index >= 15 is 0 Å². The largest absolute Gasteiger partial charge is 0.378 e. The van der Waals surface area contributed by atoms with Crippen molar-refractivity contribution in [1.82, 2.24) is 10.2 Å². The van der Waals surface area contributed by atoms with Gasteiger partial charge in [-0.1, -0.05) is 0 Å². The Labute approximate surface area is 86.8 Å². The highest BCUT2D eigenvalue weighted by atomic mass is 16.5. The third-order valence-corrected chi connectivity index (χ3v) is 3.51. The number of morpholine rings is 1. The van der Waals surface area contributed by atoms with Crippen molar-refractivity contribution in [3.05, 3.63) is 0 Å². The molecule has 0 aliphatic carbocycles. The lowest BCUT2D eigenvalue weighted by Gasteiger charge is -2.36. The molecule has 0 aromatic heterocycles. The summed E-state index contributed by atoms with van der Waals surface area (Å²) in [4.78, 5) is 2.60. The maximum atomic E-state index is 5.47. The van der Waals surface area contributed by atoms with Crippen LogP contribution in [0.1, 0.15) is 26.7 Å². The van der Waals surface area contributed by atoms with Gasteiger partial charge in [-0.25, -0.2) is 0 Å². The van der Waals surface area contributed by atoms with Gasteiger partial charge >= 0.3 is 0 Å². The molecule has 3 heteroatoms. The van der Waals surface area contributed by atoms with Crippen molar-refractivity contribution in [1.29, 1.82) is 0 Å². The molecule has 82 valence electrons. The van der Waals surface area contributed by atoms with E-state index < -0.39 is 0 Å². The van der Waals surface area contributed by atoms with Crippen molar-refractivity contribution in [2.45, 2.75) is 38.3 Å². The van der Waals surface area contributed by atoms with Crippen molar-refractivity contribution in [2.75, 3.05) is 32.8 Å². The molecule has 2 rings (SSSR count). The van der Waals surface area contributed by atoms with Crippen LogP contribution in [0.5, 0.6) is 0 Å². The number of rotatable bonds is 2. The molecule has 2 heterocycles. The van der Waals surface area contributed by atoms with Crippen molar-refractivity contribution in [3.8, 4) is 0 Å². The van der Waals surface area contributed by atoms with Gasteiger partial charge in [0, 0.05) is 24.7 Å². The van der Waals surface area contributed by atoms with Gasteiger partial charge in [-0.05, 0) is 33.2 Å². The first kappa shape index (κ1) is 10.4. The molecule has 0 radical (unpaired) electrons. The van der Waals surface area contributed by atoms with Crippen LogP contribution in [0.3, 0.4) is 0 Å². The van der Waals surface area contributed by atoms with E-state index in [1.165, 1.54) is 19.4 Å². The maximum Gasteiger partial charge on any atom is 0.0632 e. The van der Waals surface area contributed by atoms with Gasteiger partial charge in [0.05, 0.1) is 13.2 Å². The van der Waals surface area contributed by atoms with E-state index in [-0.39, 0.29) is 0 Å². The summed E-state index contributed by atoms with van der Waals surface area (Å²) in [6, 6.07) is 0.543. The molecule has 14 heavy (non-hydrogen) atoms. The maximum absolute atomic E-state index is 5.47. The second-order valence-electron chi connectivity index (χ2n) is 5.09. The van der Waals surface area contributed by atoms with Gasteiger partial charge in [-0.2, -0.15) is 0 Å². The molecule has 0 bridgehead atoms. The Bertz CT molecular complexity index is 188. The number of hydrogen-bond donors (Lipinski definition) is 1. The second kappa shape index (κ2) is 4.17. The Balaban J connectivity index is 1.83. The van der Waals surface area contributed by atoms with E-state index in [0.717, 1.165) is 26.3 Å². The van der Waals surface area contributed by atoms with Gasteiger partial charge in [0.2, 0.25) is 0 Å². The first-order valence-corrected chi connectivity index (χ1v) is 5.75. The fourth-order valence-electron chi connectivity index (χ4n) is 2.50. The Morgan fingerprint density at radius 3 is 2.93 bits per heavy atom. The molecule has 2 aliphatic heterocycles. The number of nitrogens with zero attached hydrogens (tertiary/aromatic N) is 1. The van der Waals surface area contributed by atoms with E-state index in [1.54, 1.807) is 0 Å². The van der Waals surface area contributed by atoms with Crippen LogP contribution < -0.4 is 5.32 Å². The quantitative estimate of drug-likeness (QED) is 0.712. The average Bonchev–Trinajstić information content (AvgIpc) is 2.48. The van der Waals surface area contributed by atoms with Crippen LogP contribution in [-0.4, -0.2) is 49.3 Å². The summed E-state index contributed by atoms with van der Waals surface area (Å²) in [5, 5.41) is 3.52. The number of likely N-dealkylation sites (tertiary alicyclic amines) is 1. The number of nitrogens with one attached hydrogen (secondary N) is 1. The van der Waals surface area contributed by atoms with E-state index in [2.05, 4.69) is 24.1 Å². The standard InChI is InChI=1S/C11H22N2O/c1-11(2)4-3-6-13(11)8-10-9-14-7-5-12-10/h10,12H,3-9H2,1-2H3. The first-order chi connectivity index (χ1) is 6.68. The zero-order valence-electron chi connectivity index (χ0n) is 9.38. The summed E-state index contributed by atoms with van der Waals surface area (Å²) in [5.74, 6) is 0.